The molecule has 2 nitrogen and oxygen atoms in total. The number of hydrogen-bond acceptors (Lipinski definition) is 2. The van der Waals surface area contributed by atoms with Gasteiger partial charge in [-0.05, 0) is 53.6 Å². The Balaban J connectivity index is 1.83. The maximum absolute atomic E-state index is 14.2. The van der Waals surface area contributed by atoms with Crippen molar-refractivity contribution in [3.63, 3.8) is 0 Å². The Hall–Kier alpha value is -2.46. The lowest BCUT2D eigenvalue weighted by Gasteiger charge is -2.37. The van der Waals surface area contributed by atoms with E-state index in [9.17, 15) is 9.18 Å². The maximum atomic E-state index is 14.2. The van der Waals surface area contributed by atoms with Gasteiger partial charge in [0.1, 0.15) is 5.82 Å². The van der Waals surface area contributed by atoms with Crippen molar-refractivity contribution in [1.29, 1.82) is 0 Å². The first-order chi connectivity index (χ1) is 12.2. The normalized spacial score (nSPS) is 16.6. The maximum Gasteiger partial charge on any atom is 0.257 e. The van der Waals surface area contributed by atoms with Crippen LogP contribution >= 0.6 is 11.3 Å². The molecule has 0 bridgehead atoms. The topological polar surface area (TPSA) is 20.3 Å². The van der Waals surface area contributed by atoms with Gasteiger partial charge in [-0.2, -0.15) is 0 Å². The summed E-state index contributed by atoms with van der Waals surface area (Å²) in [5, 5.41) is 2.08. The van der Waals surface area contributed by atoms with Crippen LogP contribution in [0.15, 0.2) is 60.0 Å². The first kappa shape index (κ1) is 16.0. The van der Waals surface area contributed by atoms with Gasteiger partial charge in [0.2, 0.25) is 0 Å². The zero-order valence-corrected chi connectivity index (χ0v) is 14.7. The monoisotopic (exact) mass is 351 g/mol. The number of hydrogen-bond donors (Lipinski definition) is 0. The molecule has 0 N–H and O–H groups in total. The molecule has 0 unspecified atom stereocenters. The lowest BCUT2D eigenvalue weighted by Crippen LogP contribution is -2.40. The summed E-state index contributed by atoms with van der Waals surface area (Å²) in [6.07, 6.45) is 0.815. The molecular formula is C21H18FNOS. The van der Waals surface area contributed by atoms with Crippen LogP contribution in [0.25, 0.3) is 0 Å². The second kappa shape index (κ2) is 6.45. The van der Waals surface area contributed by atoms with Gasteiger partial charge in [-0.1, -0.05) is 36.4 Å². The Morgan fingerprint density at radius 2 is 1.84 bits per heavy atom. The van der Waals surface area contributed by atoms with Crippen molar-refractivity contribution in [3.05, 3.63) is 92.9 Å². The zero-order chi connectivity index (χ0) is 17.4. The second-order valence-electron chi connectivity index (χ2n) is 6.29. The van der Waals surface area contributed by atoms with E-state index in [0.29, 0.717) is 6.54 Å². The predicted molar refractivity (Wildman–Crippen MR) is 98.5 cm³/mol. The van der Waals surface area contributed by atoms with E-state index in [1.165, 1.54) is 10.9 Å². The van der Waals surface area contributed by atoms with Gasteiger partial charge < -0.3 is 4.90 Å². The van der Waals surface area contributed by atoms with E-state index in [1.807, 2.05) is 17.0 Å². The van der Waals surface area contributed by atoms with Crippen molar-refractivity contribution >= 4 is 17.2 Å². The molecule has 4 heteroatoms. The van der Waals surface area contributed by atoms with Crippen molar-refractivity contribution in [2.75, 3.05) is 6.54 Å². The minimum absolute atomic E-state index is 0.139. The largest absolute Gasteiger partial charge is 0.327 e. The summed E-state index contributed by atoms with van der Waals surface area (Å²) < 4.78 is 14.2. The summed E-state index contributed by atoms with van der Waals surface area (Å²) in [5.74, 6) is -0.713. The molecule has 0 saturated heterocycles. The minimum Gasteiger partial charge on any atom is -0.327 e. The minimum atomic E-state index is -0.466. The number of benzene rings is 2. The molecule has 4 rings (SSSR count). The number of carbonyl (C=O) groups excluding carboxylic acids is 1. The van der Waals surface area contributed by atoms with Gasteiger partial charge in [0.15, 0.2) is 0 Å². The SMILES string of the molecule is Cc1ccccc1[C@H]1c2ccsc2CCN1C(=O)c1ccccc1F. The molecule has 0 radical (unpaired) electrons. The number of rotatable bonds is 2. The molecule has 1 amide bonds. The Morgan fingerprint density at radius 3 is 2.64 bits per heavy atom. The third-order valence-electron chi connectivity index (χ3n) is 4.81. The van der Waals surface area contributed by atoms with Crippen molar-refractivity contribution in [1.82, 2.24) is 4.90 Å². The highest BCUT2D eigenvalue weighted by atomic mass is 32.1. The molecule has 0 spiro atoms. The molecular weight excluding hydrogens is 333 g/mol. The molecule has 0 aliphatic carbocycles. The van der Waals surface area contributed by atoms with E-state index >= 15 is 0 Å². The highest BCUT2D eigenvalue weighted by Gasteiger charge is 2.34. The standard InChI is InChI=1S/C21H18FNOS/c1-14-6-2-3-7-15(14)20-17-11-13-25-19(17)10-12-23(20)21(24)16-8-4-5-9-18(16)22/h2-9,11,13,20H,10,12H2,1H3/t20-/m0/s1. The van der Waals surface area contributed by atoms with Crippen molar-refractivity contribution in [2.24, 2.45) is 0 Å². The summed E-state index contributed by atoms with van der Waals surface area (Å²) in [6, 6.07) is 16.3. The van der Waals surface area contributed by atoms with Crippen LogP contribution in [0, 0.1) is 12.7 Å². The molecule has 1 aromatic heterocycles. The smallest absolute Gasteiger partial charge is 0.257 e. The summed E-state index contributed by atoms with van der Waals surface area (Å²) in [6.45, 7) is 2.65. The number of thiophene rings is 1. The van der Waals surface area contributed by atoms with E-state index in [-0.39, 0.29) is 17.5 Å². The highest BCUT2D eigenvalue weighted by molar-refractivity contribution is 7.10. The number of amides is 1. The van der Waals surface area contributed by atoms with Crippen molar-refractivity contribution in [2.45, 2.75) is 19.4 Å². The Bertz CT molecular complexity index is 933. The van der Waals surface area contributed by atoms with Crippen LogP contribution in [0.2, 0.25) is 0 Å². The number of halogens is 1. The first-order valence-electron chi connectivity index (χ1n) is 8.34. The second-order valence-corrected chi connectivity index (χ2v) is 7.29. The van der Waals surface area contributed by atoms with Gasteiger partial charge in [0.25, 0.3) is 5.91 Å². The fraction of sp³-hybridized carbons (Fsp3) is 0.190. The van der Waals surface area contributed by atoms with Crippen LogP contribution in [0.4, 0.5) is 4.39 Å². The average molecular weight is 351 g/mol. The molecule has 0 saturated carbocycles. The van der Waals surface area contributed by atoms with Crippen LogP contribution in [0.1, 0.15) is 38.0 Å². The lowest BCUT2D eigenvalue weighted by molar-refractivity contribution is 0.0691. The number of fused-ring (bicyclic) bond motifs is 1. The van der Waals surface area contributed by atoms with E-state index in [2.05, 4.69) is 30.5 Å². The number of carbonyl (C=O) groups is 1. The zero-order valence-electron chi connectivity index (χ0n) is 13.9. The summed E-state index contributed by atoms with van der Waals surface area (Å²) >= 11 is 1.73. The molecule has 126 valence electrons. The fourth-order valence-electron chi connectivity index (χ4n) is 3.55. The van der Waals surface area contributed by atoms with Crippen LogP contribution < -0.4 is 0 Å². The third kappa shape index (κ3) is 2.76. The highest BCUT2D eigenvalue weighted by Crippen LogP contribution is 2.39. The van der Waals surface area contributed by atoms with Crippen molar-refractivity contribution < 1.29 is 9.18 Å². The Morgan fingerprint density at radius 1 is 1.08 bits per heavy atom. The molecule has 1 aliphatic heterocycles. The first-order valence-corrected chi connectivity index (χ1v) is 9.22. The van der Waals surface area contributed by atoms with Crippen LogP contribution in [0.3, 0.4) is 0 Å². The lowest BCUT2D eigenvalue weighted by atomic mass is 9.90. The third-order valence-corrected chi connectivity index (χ3v) is 5.81. The van der Waals surface area contributed by atoms with Gasteiger partial charge in [-0.15, -0.1) is 11.3 Å². The summed E-state index contributed by atoms with van der Waals surface area (Å²) in [5.41, 5.74) is 3.54. The molecule has 1 atom stereocenters. The molecule has 25 heavy (non-hydrogen) atoms. The van der Waals surface area contributed by atoms with Gasteiger partial charge in [-0.3, -0.25) is 4.79 Å². The Kier molecular flexibility index (Phi) is 4.14. The predicted octanol–water partition coefficient (Wildman–Crippen LogP) is 4.98. The van der Waals surface area contributed by atoms with Gasteiger partial charge in [0, 0.05) is 11.4 Å². The molecule has 2 heterocycles. The van der Waals surface area contributed by atoms with Crippen LogP contribution in [-0.2, 0) is 6.42 Å². The molecule has 0 fully saturated rings. The average Bonchev–Trinajstić information content (AvgIpc) is 3.10. The fourth-order valence-corrected chi connectivity index (χ4v) is 4.46. The van der Waals surface area contributed by atoms with E-state index in [4.69, 9.17) is 0 Å². The van der Waals surface area contributed by atoms with E-state index in [1.54, 1.807) is 29.5 Å². The molecule has 1 aliphatic rings. The summed E-state index contributed by atoms with van der Waals surface area (Å²) in [7, 11) is 0. The van der Waals surface area contributed by atoms with Gasteiger partial charge >= 0.3 is 0 Å². The van der Waals surface area contributed by atoms with E-state index in [0.717, 1.165) is 23.1 Å². The van der Waals surface area contributed by atoms with Crippen LogP contribution in [0.5, 0.6) is 0 Å². The number of nitrogens with zero attached hydrogens (tertiary/aromatic N) is 1. The molecule has 2 aromatic carbocycles. The van der Waals surface area contributed by atoms with E-state index < -0.39 is 5.82 Å². The number of aryl methyl sites for hydroxylation is 1. The van der Waals surface area contributed by atoms with Gasteiger partial charge in [0.05, 0.1) is 11.6 Å². The van der Waals surface area contributed by atoms with Gasteiger partial charge in [-0.25, -0.2) is 4.39 Å². The summed E-state index contributed by atoms with van der Waals surface area (Å²) in [4.78, 5) is 16.3. The van der Waals surface area contributed by atoms with Crippen molar-refractivity contribution in [3.8, 4) is 0 Å². The molecule has 3 aromatic rings. The Labute approximate surface area is 150 Å². The quantitative estimate of drug-likeness (QED) is 0.637. The van der Waals surface area contributed by atoms with Crippen LogP contribution in [-0.4, -0.2) is 17.4 Å².